The largest absolute Gasteiger partial charge is 0.497 e. The van der Waals surface area contributed by atoms with Gasteiger partial charge in [-0.3, -0.25) is 24.0 Å². The van der Waals surface area contributed by atoms with Gasteiger partial charge in [0, 0.05) is 18.7 Å². The van der Waals surface area contributed by atoms with E-state index in [9.17, 15) is 24.0 Å². The number of fused-ring (bicyclic) bond motifs is 4. The van der Waals surface area contributed by atoms with Crippen LogP contribution in [0.15, 0.2) is 30.0 Å². The number of carbonyl (C=O) groups is 5. The third-order valence-corrected chi connectivity index (χ3v) is 8.58. The van der Waals surface area contributed by atoms with Crippen molar-refractivity contribution >= 4 is 29.4 Å². The van der Waals surface area contributed by atoms with Gasteiger partial charge in [-0.05, 0) is 55.9 Å². The van der Waals surface area contributed by atoms with Crippen molar-refractivity contribution in [1.29, 1.82) is 0 Å². The van der Waals surface area contributed by atoms with E-state index in [-0.39, 0.29) is 24.8 Å². The van der Waals surface area contributed by atoms with E-state index < -0.39 is 41.1 Å². The first-order chi connectivity index (χ1) is 18.7. The Bertz CT molecular complexity index is 1230. The van der Waals surface area contributed by atoms with Crippen LogP contribution in [0.1, 0.15) is 63.4 Å². The maximum atomic E-state index is 13.9. The van der Waals surface area contributed by atoms with Crippen molar-refractivity contribution < 1.29 is 38.2 Å². The number of esters is 1. The molecule has 3 heterocycles. The van der Waals surface area contributed by atoms with E-state index in [1.165, 1.54) is 30.9 Å². The van der Waals surface area contributed by atoms with E-state index in [0.29, 0.717) is 54.9 Å². The van der Waals surface area contributed by atoms with Gasteiger partial charge in [0.25, 0.3) is 5.91 Å². The van der Waals surface area contributed by atoms with E-state index in [2.05, 4.69) is 0 Å². The maximum absolute atomic E-state index is 13.9. The molecule has 1 saturated carbocycles. The van der Waals surface area contributed by atoms with E-state index in [0.717, 1.165) is 12.8 Å². The third-order valence-electron chi connectivity index (χ3n) is 8.58. The number of hydrogen-bond donors (Lipinski definition) is 0. The molecule has 3 aliphatic heterocycles. The Morgan fingerprint density at radius 1 is 0.949 bits per heavy atom. The Balaban J connectivity index is 1.50. The zero-order valence-corrected chi connectivity index (χ0v) is 22.6. The predicted molar refractivity (Wildman–Crippen MR) is 138 cm³/mol. The molecule has 0 aromatic heterocycles. The summed E-state index contributed by atoms with van der Waals surface area (Å²) in [5, 5.41) is 0. The lowest BCUT2D eigenvalue weighted by Gasteiger charge is -2.52. The number of Topliss-reactive ketones (excluding diaryl/α,β-unsaturated/α-hetero) is 2. The van der Waals surface area contributed by atoms with Gasteiger partial charge in [0.05, 0.1) is 38.1 Å². The number of rotatable bonds is 7. The van der Waals surface area contributed by atoms with Crippen molar-refractivity contribution in [2.75, 3.05) is 27.4 Å². The smallest absolute Gasteiger partial charge is 0.302 e. The fourth-order valence-corrected chi connectivity index (χ4v) is 6.55. The number of ketones is 2. The molecule has 2 bridgehead atoms. The lowest BCUT2D eigenvalue weighted by atomic mass is 9.78. The van der Waals surface area contributed by atoms with Gasteiger partial charge in [0.15, 0.2) is 5.78 Å². The van der Waals surface area contributed by atoms with Crippen molar-refractivity contribution in [2.24, 2.45) is 5.41 Å². The molecular weight excluding hydrogens is 504 g/mol. The van der Waals surface area contributed by atoms with Gasteiger partial charge in [0.2, 0.25) is 11.7 Å². The fraction of sp³-hybridized carbons (Fsp3) is 0.552. The zero-order valence-electron chi connectivity index (χ0n) is 22.6. The van der Waals surface area contributed by atoms with E-state index in [1.54, 1.807) is 24.3 Å². The minimum atomic E-state index is -1.06. The molecule has 3 unspecified atom stereocenters. The first-order valence-corrected chi connectivity index (χ1v) is 13.5. The van der Waals surface area contributed by atoms with Crippen LogP contribution in [0.3, 0.4) is 0 Å². The number of carbonyl (C=O) groups excluding carboxylic acids is 5. The number of ether oxygens (including phenoxy) is 3. The molecule has 3 fully saturated rings. The molecule has 10 nitrogen and oxygen atoms in total. The highest BCUT2D eigenvalue weighted by molar-refractivity contribution is 6.38. The number of piperidine rings is 1. The van der Waals surface area contributed by atoms with Crippen LogP contribution < -0.4 is 9.47 Å². The van der Waals surface area contributed by atoms with Gasteiger partial charge in [-0.25, -0.2) is 0 Å². The van der Waals surface area contributed by atoms with E-state index in [1.807, 2.05) is 0 Å². The van der Waals surface area contributed by atoms with E-state index in [4.69, 9.17) is 14.2 Å². The van der Waals surface area contributed by atoms with Crippen LogP contribution in [-0.4, -0.2) is 78.6 Å². The van der Waals surface area contributed by atoms with Gasteiger partial charge in [-0.2, -0.15) is 0 Å². The molecular formula is C29H34N2O8. The second-order valence-corrected chi connectivity index (χ2v) is 10.9. The van der Waals surface area contributed by atoms with Crippen LogP contribution >= 0.6 is 0 Å². The predicted octanol–water partition coefficient (Wildman–Crippen LogP) is 2.54. The van der Waals surface area contributed by atoms with Crippen molar-refractivity contribution in [3.63, 3.8) is 0 Å². The average molecular weight is 539 g/mol. The first kappa shape index (κ1) is 26.9. The summed E-state index contributed by atoms with van der Waals surface area (Å²) in [5.74, 6) is -1.88. The topological polar surface area (TPSA) is 120 Å². The van der Waals surface area contributed by atoms with Gasteiger partial charge in [-0.15, -0.1) is 0 Å². The molecule has 0 N–H and O–H groups in total. The molecule has 2 amide bonds. The van der Waals surface area contributed by atoms with Crippen LogP contribution in [0, 0.1) is 5.41 Å². The summed E-state index contributed by atoms with van der Waals surface area (Å²) in [6, 6.07) is 3.93. The standard InChI is InChI=1S/C29H34N2O8/c1-17(32)39-16-29(9-4-5-10-29)26(34)28(36)31-22-7-6-8-23(31)27(35)30-15-25(33)21(14-24(22)30)18-11-19(37-2)13-20(12-18)38-3/h11-14,21-23H,4-10,15-16H2,1-3H3. The monoisotopic (exact) mass is 538 g/mol. The Morgan fingerprint density at radius 3 is 2.21 bits per heavy atom. The Kier molecular flexibility index (Phi) is 7.22. The summed E-state index contributed by atoms with van der Waals surface area (Å²) in [6.07, 6.45) is 5.92. The minimum absolute atomic E-state index is 0.103. The summed E-state index contributed by atoms with van der Waals surface area (Å²) in [6.45, 7) is 1.05. The fourth-order valence-electron chi connectivity index (χ4n) is 6.55. The summed E-state index contributed by atoms with van der Waals surface area (Å²) in [7, 11) is 3.06. The van der Waals surface area contributed by atoms with Crippen molar-refractivity contribution in [3.8, 4) is 11.5 Å². The zero-order chi connectivity index (χ0) is 27.9. The lowest BCUT2D eigenvalue weighted by molar-refractivity contribution is -0.165. The molecule has 1 aromatic rings. The number of piperazine rings is 1. The lowest BCUT2D eigenvalue weighted by Crippen LogP contribution is -2.67. The molecule has 1 aliphatic carbocycles. The maximum Gasteiger partial charge on any atom is 0.302 e. The molecule has 5 rings (SSSR count). The Labute approximate surface area is 227 Å². The average Bonchev–Trinajstić information content (AvgIpc) is 3.43. The highest BCUT2D eigenvalue weighted by Crippen LogP contribution is 2.44. The highest BCUT2D eigenvalue weighted by Gasteiger charge is 2.54. The van der Waals surface area contributed by atoms with Crippen molar-refractivity contribution in [2.45, 2.75) is 69.9 Å². The number of hydrogen-bond acceptors (Lipinski definition) is 8. The molecule has 0 radical (unpaired) electrons. The summed E-state index contributed by atoms with van der Waals surface area (Å²) in [5.41, 5.74) is 0.173. The summed E-state index contributed by atoms with van der Waals surface area (Å²) >= 11 is 0. The Morgan fingerprint density at radius 2 is 1.59 bits per heavy atom. The van der Waals surface area contributed by atoms with Crippen molar-refractivity contribution in [1.82, 2.24) is 9.80 Å². The molecule has 2 saturated heterocycles. The van der Waals surface area contributed by atoms with Crippen LogP contribution in [0.5, 0.6) is 11.5 Å². The number of allylic oxidation sites excluding steroid dienone is 1. The normalized spacial score (nSPS) is 25.5. The first-order valence-electron chi connectivity index (χ1n) is 13.5. The number of nitrogens with zero attached hydrogens (tertiary/aromatic N) is 2. The summed E-state index contributed by atoms with van der Waals surface area (Å²) < 4.78 is 16.0. The van der Waals surface area contributed by atoms with Crippen LogP contribution in [-0.2, 0) is 28.7 Å². The molecule has 0 spiro atoms. The molecule has 3 atom stereocenters. The molecule has 1 aromatic carbocycles. The second kappa shape index (κ2) is 10.5. The van der Waals surface area contributed by atoms with Crippen LogP contribution in [0.25, 0.3) is 0 Å². The van der Waals surface area contributed by atoms with Gasteiger partial charge in [-0.1, -0.05) is 12.8 Å². The van der Waals surface area contributed by atoms with Gasteiger partial charge < -0.3 is 24.0 Å². The van der Waals surface area contributed by atoms with Gasteiger partial charge in [0.1, 0.15) is 24.1 Å². The number of amides is 2. The quantitative estimate of drug-likeness (QED) is 0.384. The van der Waals surface area contributed by atoms with E-state index >= 15 is 0 Å². The van der Waals surface area contributed by atoms with Gasteiger partial charge >= 0.3 is 5.97 Å². The number of methoxy groups -OCH3 is 2. The molecule has 4 aliphatic rings. The minimum Gasteiger partial charge on any atom is -0.497 e. The Hall–Kier alpha value is -3.69. The van der Waals surface area contributed by atoms with Crippen molar-refractivity contribution in [3.05, 3.63) is 35.5 Å². The number of benzene rings is 1. The molecule has 10 heteroatoms. The van der Waals surface area contributed by atoms with Crippen LogP contribution in [0.4, 0.5) is 0 Å². The summed E-state index contributed by atoms with van der Waals surface area (Å²) in [4.78, 5) is 69.0. The third kappa shape index (κ3) is 4.70. The van der Waals surface area contributed by atoms with Crippen LogP contribution in [0.2, 0.25) is 0 Å². The molecule has 39 heavy (non-hydrogen) atoms. The highest BCUT2D eigenvalue weighted by atomic mass is 16.5. The molecule has 208 valence electrons. The second-order valence-electron chi connectivity index (χ2n) is 10.9. The SMILES string of the molecule is COc1cc(OC)cc(C2C=C3C4CCCC(C(=O)N3CC2=O)N4C(=O)C(=O)C2(COC(C)=O)CCCC2)c1.